The van der Waals surface area contributed by atoms with Gasteiger partial charge in [0.15, 0.2) is 0 Å². The van der Waals surface area contributed by atoms with Gasteiger partial charge in [-0.25, -0.2) is 4.98 Å². The number of nitrogens with zero attached hydrogens (tertiary/aromatic N) is 3. The average molecular weight is 254 g/mol. The zero-order chi connectivity index (χ0) is 12.7. The van der Waals surface area contributed by atoms with E-state index >= 15 is 0 Å². The fourth-order valence-electron chi connectivity index (χ4n) is 2.44. The van der Waals surface area contributed by atoms with Crippen LogP contribution >= 0.6 is 0 Å². The largest absolute Gasteiger partial charge is 0.376 e. The SMILES string of the molecule is c1cc(-c2ccc3c(c2)ncn3C[C@@H]2CCO2)[nH]n1. The van der Waals surface area contributed by atoms with Crippen LogP contribution in [0.3, 0.4) is 0 Å². The second-order valence-electron chi connectivity index (χ2n) is 4.85. The third-order valence-electron chi connectivity index (χ3n) is 3.63. The highest BCUT2D eigenvalue weighted by atomic mass is 16.5. The topological polar surface area (TPSA) is 55.7 Å². The van der Waals surface area contributed by atoms with Crippen molar-refractivity contribution >= 4 is 11.0 Å². The number of hydrogen-bond donors (Lipinski definition) is 1. The summed E-state index contributed by atoms with van der Waals surface area (Å²) in [6, 6.07) is 8.24. The van der Waals surface area contributed by atoms with Crippen LogP contribution in [0.25, 0.3) is 22.3 Å². The molecule has 1 N–H and O–H groups in total. The van der Waals surface area contributed by atoms with Crippen LogP contribution in [0.2, 0.25) is 0 Å². The Morgan fingerprint density at radius 2 is 2.32 bits per heavy atom. The first kappa shape index (κ1) is 10.8. The van der Waals surface area contributed by atoms with Crippen molar-refractivity contribution in [3.05, 3.63) is 36.8 Å². The lowest BCUT2D eigenvalue weighted by molar-refractivity contribution is -0.0586. The van der Waals surface area contributed by atoms with Crippen LogP contribution in [0.15, 0.2) is 36.8 Å². The number of hydrogen-bond acceptors (Lipinski definition) is 3. The summed E-state index contributed by atoms with van der Waals surface area (Å²) in [7, 11) is 0. The van der Waals surface area contributed by atoms with Gasteiger partial charge in [-0.3, -0.25) is 5.10 Å². The van der Waals surface area contributed by atoms with E-state index in [0.29, 0.717) is 6.10 Å². The van der Waals surface area contributed by atoms with Crippen LogP contribution in [0, 0.1) is 0 Å². The maximum atomic E-state index is 5.47. The van der Waals surface area contributed by atoms with E-state index in [1.807, 2.05) is 12.4 Å². The van der Waals surface area contributed by atoms with Gasteiger partial charge in [-0.1, -0.05) is 6.07 Å². The van der Waals surface area contributed by atoms with Gasteiger partial charge in [-0.2, -0.15) is 5.10 Å². The molecule has 0 aliphatic carbocycles. The zero-order valence-electron chi connectivity index (χ0n) is 10.4. The molecule has 19 heavy (non-hydrogen) atoms. The van der Waals surface area contributed by atoms with Gasteiger partial charge < -0.3 is 9.30 Å². The normalized spacial score (nSPS) is 18.6. The second-order valence-corrected chi connectivity index (χ2v) is 4.85. The van der Waals surface area contributed by atoms with E-state index in [9.17, 15) is 0 Å². The van der Waals surface area contributed by atoms with Crippen molar-refractivity contribution in [2.75, 3.05) is 6.61 Å². The minimum absolute atomic E-state index is 0.352. The van der Waals surface area contributed by atoms with Crippen molar-refractivity contribution in [3.8, 4) is 11.3 Å². The third kappa shape index (κ3) is 1.82. The lowest BCUT2D eigenvalue weighted by Gasteiger charge is -2.26. The molecule has 5 heteroatoms. The monoisotopic (exact) mass is 254 g/mol. The summed E-state index contributed by atoms with van der Waals surface area (Å²) in [5.74, 6) is 0. The Kier molecular flexibility index (Phi) is 2.38. The highest BCUT2D eigenvalue weighted by molar-refractivity contribution is 5.81. The summed E-state index contributed by atoms with van der Waals surface area (Å²) in [6.45, 7) is 1.78. The van der Waals surface area contributed by atoms with E-state index in [2.05, 4.69) is 37.9 Å². The average Bonchev–Trinajstić information content (AvgIpc) is 3.03. The lowest BCUT2D eigenvalue weighted by Crippen LogP contribution is -2.30. The van der Waals surface area contributed by atoms with Crippen LogP contribution in [0.1, 0.15) is 6.42 Å². The van der Waals surface area contributed by atoms with Gasteiger partial charge in [0.25, 0.3) is 0 Å². The minimum atomic E-state index is 0.352. The molecule has 0 radical (unpaired) electrons. The number of ether oxygens (including phenoxy) is 1. The fourth-order valence-corrected chi connectivity index (χ4v) is 2.44. The van der Waals surface area contributed by atoms with Gasteiger partial charge >= 0.3 is 0 Å². The Labute approximate surface area is 110 Å². The molecule has 1 aliphatic rings. The van der Waals surface area contributed by atoms with Crippen molar-refractivity contribution in [1.29, 1.82) is 0 Å². The molecule has 3 heterocycles. The first-order valence-electron chi connectivity index (χ1n) is 6.46. The summed E-state index contributed by atoms with van der Waals surface area (Å²) >= 11 is 0. The summed E-state index contributed by atoms with van der Waals surface area (Å²) in [5.41, 5.74) is 4.28. The van der Waals surface area contributed by atoms with Crippen LogP contribution in [0.5, 0.6) is 0 Å². The molecule has 3 aromatic rings. The Morgan fingerprint density at radius 1 is 1.37 bits per heavy atom. The Morgan fingerprint density at radius 3 is 3.05 bits per heavy atom. The molecule has 0 saturated carbocycles. The smallest absolute Gasteiger partial charge is 0.0959 e. The Bertz CT molecular complexity index is 697. The van der Waals surface area contributed by atoms with E-state index in [-0.39, 0.29) is 0 Å². The summed E-state index contributed by atoms with van der Waals surface area (Å²) in [4.78, 5) is 4.47. The highest BCUT2D eigenvalue weighted by Crippen LogP contribution is 2.23. The molecule has 1 atom stereocenters. The molecule has 1 fully saturated rings. The predicted molar refractivity (Wildman–Crippen MR) is 71.7 cm³/mol. The van der Waals surface area contributed by atoms with Crippen molar-refractivity contribution in [3.63, 3.8) is 0 Å². The molecule has 0 amide bonds. The van der Waals surface area contributed by atoms with E-state index in [4.69, 9.17) is 4.74 Å². The van der Waals surface area contributed by atoms with Gasteiger partial charge in [0.2, 0.25) is 0 Å². The standard InChI is InChI=1S/C14H14N4O/c1-2-14-13(7-10(1)12-3-5-16-17-12)15-9-18(14)8-11-4-6-19-11/h1-3,5,7,9,11H,4,6,8H2,(H,16,17)/t11-/m0/s1. The molecule has 0 bridgehead atoms. The Balaban J connectivity index is 1.71. The number of imidazole rings is 1. The number of aromatic nitrogens is 4. The minimum Gasteiger partial charge on any atom is -0.376 e. The summed E-state index contributed by atoms with van der Waals surface area (Å²) in [5, 5.41) is 6.95. The first-order chi connectivity index (χ1) is 9.40. The van der Waals surface area contributed by atoms with Gasteiger partial charge in [-0.15, -0.1) is 0 Å². The molecule has 0 unspecified atom stereocenters. The number of fused-ring (bicyclic) bond motifs is 1. The number of rotatable bonds is 3. The molecular weight excluding hydrogens is 240 g/mol. The highest BCUT2D eigenvalue weighted by Gasteiger charge is 2.19. The molecule has 5 nitrogen and oxygen atoms in total. The molecule has 96 valence electrons. The fraction of sp³-hybridized carbons (Fsp3) is 0.286. The van der Waals surface area contributed by atoms with E-state index in [1.165, 1.54) is 0 Å². The molecule has 0 spiro atoms. The van der Waals surface area contributed by atoms with Crippen LogP contribution in [0.4, 0.5) is 0 Å². The zero-order valence-corrected chi connectivity index (χ0v) is 10.4. The molecular formula is C14H14N4O. The van der Waals surface area contributed by atoms with Gasteiger partial charge in [0.1, 0.15) is 0 Å². The van der Waals surface area contributed by atoms with Crippen LogP contribution in [-0.2, 0) is 11.3 Å². The van der Waals surface area contributed by atoms with Gasteiger partial charge in [-0.05, 0) is 24.6 Å². The number of H-pyrrole nitrogens is 1. The van der Waals surface area contributed by atoms with Crippen molar-refractivity contribution < 1.29 is 4.74 Å². The maximum Gasteiger partial charge on any atom is 0.0959 e. The number of nitrogens with one attached hydrogen (secondary N) is 1. The molecule has 1 aliphatic heterocycles. The summed E-state index contributed by atoms with van der Waals surface area (Å²) in [6.07, 6.45) is 5.14. The lowest BCUT2D eigenvalue weighted by atomic mass is 10.1. The molecule has 1 saturated heterocycles. The third-order valence-corrected chi connectivity index (χ3v) is 3.63. The maximum absolute atomic E-state index is 5.47. The van der Waals surface area contributed by atoms with Crippen LogP contribution < -0.4 is 0 Å². The first-order valence-corrected chi connectivity index (χ1v) is 6.46. The van der Waals surface area contributed by atoms with Crippen molar-refractivity contribution in [2.45, 2.75) is 19.1 Å². The molecule has 1 aromatic carbocycles. The number of benzene rings is 1. The van der Waals surface area contributed by atoms with E-state index < -0.39 is 0 Å². The van der Waals surface area contributed by atoms with Gasteiger partial charge in [0, 0.05) is 18.4 Å². The number of aromatic amines is 1. The second kappa shape index (κ2) is 4.20. The van der Waals surface area contributed by atoms with E-state index in [0.717, 1.165) is 41.9 Å². The Hall–Kier alpha value is -2.14. The van der Waals surface area contributed by atoms with Gasteiger partial charge in [0.05, 0.1) is 35.7 Å². The van der Waals surface area contributed by atoms with Crippen molar-refractivity contribution in [1.82, 2.24) is 19.7 Å². The molecule has 4 rings (SSSR count). The molecule has 2 aromatic heterocycles. The quantitative estimate of drug-likeness (QED) is 0.779. The predicted octanol–water partition coefficient (Wildman–Crippen LogP) is 2.22. The van der Waals surface area contributed by atoms with Crippen LogP contribution in [-0.4, -0.2) is 32.5 Å². The van der Waals surface area contributed by atoms with Crippen molar-refractivity contribution in [2.24, 2.45) is 0 Å². The van der Waals surface area contributed by atoms with E-state index in [1.54, 1.807) is 6.20 Å². The summed E-state index contributed by atoms with van der Waals surface area (Å²) < 4.78 is 7.64.